The van der Waals surface area contributed by atoms with Crippen LogP contribution in [0.3, 0.4) is 0 Å². The maximum Gasteiger partial charge on any atom is 0.256 e. The number of amides is 1. The monoisotopic (exact) mass is 271 g/mol. The van der Waals surface area contributed by atoms with E-state index < -0.39 is 0 Å². The van der Waals surface area contributed by atoms with Crippen LogP contribution in [0.1, 0.15) is 29.6 Å². The molecule has 3 rings (SSSR count). The molecular weight excluding hydrogens is 250 g/mol. The topological polar surface area (TPSA) is 48.1 Å². The zero-order valence-corrected chi connectivity index (χ0v) is 11.9. The minimum atomic E-state index is 0.155. The molecular formula is C16H21N3O. The van der Waals surface area contributed by atoms with Crippen LogP contribution in [0, 0.1) is 0 Å². The Morgan fingerprint density at radius 3 is 3.10 bits per heavy atom. The van der Waals surface area contributed by atoms with Crippen molar-refractivity contribution in [2.75, 3.05) is 20.1 Å². The highest BCUT2D eigenvalue weighted by Crippen LogP contribution is 2.23. The Hall–Kier alpha value is -1.81. The van der Waals surface area contributed by atoms with Gasteiger partial charge in [0.1, 0.15) is 0 Å². The molecule has 0 radical (unpaired) electrons. The summed E-state index contributed by atoms with van der Waals surface area (Å²) >= 11 is 0. The van der Waals surface area contributed by atoms with E-state index in [1.165, 1.54) is 6.42 Å². The summed E-state index contributed by atoms with van der Waals surface area (Å²) in [6.07, 6.45) is 5.26. The van der Waals surface area contributed by atoms with Crippen molar-refractivity contribution in [3.63, 3.8) is 0 Å². The summed E-state index contributed by atoms with van der Waals surface area (Å²) < 4.78 is 0. The number of hydrogen-bond donors (Lipinski definition) is 2. The van der Waals surface area contributed by atoms with Crippen LogP contribution < -0.4 is 5.32 Å². The fourth-order valence-electron chi connectivity index (χ4n) is 3.12. The Labute approximate surface area is 119 Å². The van der Waals surface area contributed by atoms with Crippen molar-refractivity contribution < 1.29 is 4.79 Å². The van der Waals surface area contributed by atoms with Crippen molar-refractivity contribution in [3.8, 4) is 0 Å². The van der Waals surface area contributed by atoms with Crippen LogP contribution in [-0.2, 0) is 0 Å². The third kappa shape index (κ3) is 2.31. The molecule has 1 aromatic carbocycles. The molecule has 4 nitrogen and oxygen atoms in total. The molecule has 0 spiro atoms. The first-order valence-corrected chi connectivity index (χ1v) is 7.33. The van der Waals surface area contributed by atoms with E-state index >= 15 is 0 Å². The predicted molar refractivity (Wildman–Crippen MR) is 80.9 cm³/mol. The van der Waals surface area contributed by atoms with Crippen molar-refractivity contribution in [2.45, 2.75) is 25.3 Å². The van der Waals surface area contributed by atoms with Gasteiger partial charge in [0.15, 0.2) is 0 Å². The van der Waals surface area contributed by atoms with Gasteiger partial charge in [0.2, 0.25) is 0 Å². The number of fused-ring (bicyclic) bond motifs is 1. The van der Waals surface area contributed by atoms with Gasteiger partial charge in [-0.1, -0.05) is 18.2 Å². The number of piperidine rings is 1. The van der Waals surface area contributed by atoms with Gasteiger partial charge in [-0.05, 0) is 32.4 Å². The first-order valence-electron chi connectivity index (χ1n) is 7.33. The average molecular weight is 271 g/mol. The first-order chi connectivity index (χ1) is 9.81. The van der Waals surface area contributed by atoms with Crippen LogP contribution in [0.2, 0.25) is 0 Å². The number of hydrogen-bond acceptors (Lipinski definition) is 2. The number of benzene rings is 1. The van der Waals surface area contributed by atoms with Gasteiger partial charge < -0.3 is 15.2 Å². The molecule has 2 aromatic rings. The van der Waals surface area contributed by atoms with Gasteiger partial charge in [0.05, 0.1) is 5.56 Å². The van der Waals surface area contributed by atoms with Crippen molar-refractivity contribution in [1.82, 2.24) is 15.2 Å². The smallest absolute Gasteiger partial charge is 0.256 e. The fraction of sp³-hybridized carbons (Fsp3) is 0.438. The van der Waals surface area contributed by atoms with E-state index in [0.717, 1.165) is 42.4 Å². The number of carbonyl (C=O) groups is 1. The molecule has 1 saturated heterocycles. The summed E-state index contributed by atoms with van der Waals surface area (Å²) in [5.74, 6) is 0.155. The normalized spacial score (nSPS) is 19.4. The molecule has 1 fully saturated rings. The number of aromatic amines is 1. The number of likely N-dealkylation sites (N-methyl/N-ethyl adjacent to an activating group) is 1. The molecule has 1 aliphatic rings. The first kappa shape index (κ1) is 13.2. The van der Waals surface area contributed by atoms with E-state index in [-0.39, 0.29) is 5.91 Å². The summed E-state index contributed by atoms with van der Waals surface area (Å²) in [5.41, 5.74) is 1.82. The Bertz CT molecular complexity index is 603. The van der Waals surface area contributed by atoms with E-state index in [4.69, 9.17) is 0 Å². The van der Waals surface area contributed by atoms with E-state index in [1.807, 2.05) is 42.4 Å². The lowest BCUT2D eigenvalue weighted by Gasteiger charge is -2.35. The summed E-state index contributed by atoms with van der Waals surface area (Å²) in [7, 11) is 1.95. The minimum Gasteiger partial charge on any atom is -0.360 e. The third-order valence-corrected chi connectivity index (χ3v) is 4.15. The quantitative estimate of drug-likeness (QED) is 0.900. The molecule has 0 saturated carbocycles. The van der Waals surface area contributed by atoms with Crippen LogP contribution in [0.5, 0.6) is 0 Å². The molecule has 1 unspecified atom stereocenters. The SMILES string of the molecule is CNCC1CCCCN1C(=O)c1c[nH]c2ccccc12. The second-order valence-electron chi connectivity index (χ2n) is 5.45. The Morgan fingerprint density at radius 2 is 2.25 bits per heavy atom. The molecule has 0 bridgehead atoms. The lowest BCUT2D eigenvalue weighted by Crippen LogP contribution is -2.48. The minimum absolute atomic E-state index is 0.155. The van der Waals surface area contributed by atoms with Gasteiger partial charge in [-0.2, -0.15) is 0 Å². The molecule has 1 atom stereocenters. The number of nitrogens with one attached hydrogen (secondary N) is 2. The van der Waals surface area contributed by atoms with Crippen LogP contribution in [-0.4, -0.2) is 42.0 Å². The van der Waals surface area contributed by atoms with Gasteiger partial charge in [-0.25, -0.2) is 0 Å². The molecule has 1 aliphatic heterocycles. The molecule has 2 N–H and O–H groups in total. The van der Waals surface area contributed by atoms with Crippen LogP contribution in [0.25, 0.3) is 10.9 Å². The van der Waals surface area contributed by atoms with Crippen molar-refractivity contribution in [2.24, 2.45) is 0 Å². The Morgan fingerprint density at radius 1 is 1.40 bits per heavy atom. The number of carbonyl (C=O) groups excluding carboxylic acids is 1. The summed E-state index contributed by atoms with van der Waals surface area (Å²) in [6, 6.07) is 8.30. The third-order valence-electron chi connectivity index (χ3n) is 4.15. The van der Waals surface area contributed by atoms with E-state index in [1.54, 1.807) is 0 Å². The highest BCUT2D eigenvalue weighted by atomic mass is 16.2. The molecule has 106 valence electrons. The number of para-hydroxylation sites is 1. The van der Waals surface area contributed by atoms with Gasteiger partial charge in [0.25, 0.3) is 5.91 Å². The van der Waals surface area contributed by atoms with Gasteiger partial charge >= 0.3 is 0 Å². The standard InChI is InChI=1S/C16H21N3O/c1-17-10-12-6-4-5-9-19(12)16(20)14-11-18-15-8-3-2-7-13(14)15/h2-3,7-8,11-12,17-18H,4-6,9-10H2,1H3. The highest BCUT2D eigenvalue weighted by Gasteiger charge is 2.28. The maximum atomic E-state index is 12.8. The van der Waals surface area contributed by atoms with Gasteiger partial charge in [-0.3, -0.25) is 4.79 Å². The number of nitrogens with zero attached hydrogens (tertiary/aromatic N) is 1. The molecule has 20 heavy (non-hydrogen) atoms. The summed E-state index contributed by atoms with van der Waals surface area (Å²) in [6.45, 7) is 1.73. The largest absolute Gasteiger partial charge is 0.360 e. The molecule has 0 aliphatic carbocycles. The maximum absolute atomic E-state index is 12.8. The second kappa shape index (κ2) is 5.67. The number of aromatic nitrogens is 1. The molecule has 1 aromatic heterocycles. The number of H-pyrrole nitrogens is 1. The zero-order valence-electron chi connectivity index (χ0n) is 11.9. The van der Waals surface area contributed by atoms with Crippen molar-refractivity contribution in [1.29, 1.82) is 0 Å². The second-order valence-corrected chi connectivity index (χ2v) is 5.45. The summed E-state index contributed by atoms with van der Waals surface area (Å²) in [4.78, 5) is 18.1. The lowest BCUT2D eigenvalue weighted by atomic mass is 10.0. The van der Waals surface area contributed by atoms with E-state index in [2.05, 4.69) is 10.3 Å². The van der Waals surface area contributed by atoms with Gasteiger partial charge in [-0.15, -0.1) is 0 Å². The van der Waals surface area contributed by atoms with Crippen molar-refractivity contribution in [3.05, 3.63) is 36.0 Å². The molecule has 1 amide bonds. The van der Waals surface area contributed by atoms with Gasteiger partial charge in [0, 0.05) is 36.2 Å². The highest BCUT2D eigenvalue weighted by molar-refractivity contribution is 6.06. The summed E-state index contributed by atoms with van der Waals surface area (Å²) in [5, 5.41) is 4.22. The number of rotatable bonds is 3. The predicted octanol–water partition coefficient (Wildman–Crippen LogP) is 2.38. The Balaban J connectivity index is 1.90. The Kier molecular flexibility index (Phi) is 3.74. The lowest BCUT2D eigenvalue weighted by molar-refractivity contribution is 0.0617. The van der Waals surface area contributed by atoms with Crippen molar-refractivity contribution >= 4 is 16.8 Å². The van der Waals surface area contributed by atoms with Crippen LogP contribution in [0.4, 0.5) is 0 Å². The van der Waals surface area contributed by atoms with Crippen LogP contribution in [0.15, 0.2) is 30.5 Å². The van der Waals surface area contributed by atoms with Crippen LogP contribution >= 0.6 is 0 Å². The van der Waals surface area contributed by atoms with E-state index in [0.29, 0.717) is 6.04 Å². The number of likely N-dealkylation sites (tertiary alicyclic amines) is 1. The average Bonchev–Trinajstić information content (AvgIpc) is 2.91. The molecule has 4 heteroatoms. The zero-order chi connectivity index (χ0) is 13.9. The van der Waals surface area contributed by atoms with E-state index in [9.17, 15) is 4.79 Å². The molecule has 2 heterocycles. The fourth-order valence-corrected chi connectivity index (χ4v) is 3.12.